The van der Waals surface area contributed by atoms with Gasteiger partial charge in [-0.2, -0.15) is 0 Å². The highest BCUT2D eigenvalue weighted by Gasteiger charge is 2.15. The summed E-state index contributed by atoms with van der Waals surface area (Å²) in [5.74, 6) is 0. The summed E-state index contributed by atoms with van der Waals surface area (Å²) in [5, 5.41) is 13.9. The van der Waals surface area contributed by atoms with Crippen LogP contribution in [0.2, 0.25) is 0 Å². The molecular formula is C11H16N2O2. The third kappa shape index (κ3) is 3.02. The first-order valence-corrected chi connectivity index (χ1v) is 5.08. The third-order valence-corrected chi connectivity index (χ3v) is 2.56. The average Bonchev–Trinajstić information content (AvgIpc) is 2.26. The highest BCUT2D eigenvalue weighted by Crippen LogP contribution is 2.19. The number of hydrogen-bond acceptors (Lipinski definition) is 3. The predicted octanol–water partition coefficient (Wildman–Crippen LogP) is 2.14. The van der Waals surface area contributed by atoms with Crippen LogP contribution in [0.4, 0.5) is 5.69 Å². The number of nitrogens with zero attached hydrogens (tertiary/aromatic N) is 1. The fourth-order valence-corrected chi connectivity index (χ4v) is 1.58. The number of hydrogen-bond donors (Lipinski definition) is 1. The fourth-order valence-electron chi connectivity index (χ4n) is 1.58. The number of benzene rings is 1. The van der Waals surface area contributed by atoms with E-state index in [-0.39, 0.29) is 10.6 Å². The van der Waals surface area contributed by atoms with Gasteiger partial charge in [-0.15, -0.1) is 0 Å². The summed E-state index contributed by atoms with van der Waals surface area (Å²) in [6, 6.07) is 7.20. The van der Waals surface area contributed by atoms with E-state index in [2.05, 4.69) is 12.2 Å². The minimum absolute atomic E-state index is 0.214. The summed E-state index contributed by atoms with van der Waals surface area (Å²) in [6.07, 6.45) is 1.66. The van der Waals surface area contributed by atoms with Gasteiger partial charge in [0, 0.05) is 17.7 Å². The largest absolute Gasteiger partial charge is 0.317 e. The number of nitro benzene ring substituents is 1. The van der Waals surface area contributed by atoms with Gasteiger partial charge in [-0.05, 0) is 19.9 Å². The van der Waals surface area contributed by atoms with Crippen molar-refractivity contribution in [2.45, 2.75) is 25.8 Å². The molecule has 0 spiro atoms. The smallest absolute Gasteiger partial charge is 0.272 e. The maximum atomic E-state index is 10.8. The molecule has 0 fully saturated rings. The molecule has 0 aromatic heterocycles. The van der Waals surface area contributed by atoms with Crippen molar-refractivity contribution in [1.29, 1.82) is 0 Å². The van der Waals surface area contributed by atoms with E-state index in [9.17, 15) is 10.1 Å². The molecular weight excluding hydrogens is 192 g/mol. The van der Waals surface area contributed by atoms with Crippen LogP contribution in [0, 0.1) is 10.1 Å². The lowest BCUT2D eigenvalue weighted by molar-refractivity contribution is -0.385. The minimum Gasteiger partial charge on any atom is -0.317 e. The van der Waals surface area contributed by atoms with E-state index >= 15 is 0 Å². The Balaban J connectivity index is 2.88. The maximum Gasteiger partial charge on any atom is 0.272 e. The Labute approximate surface area is 89.5 Å². The van der Waals surface area contributed by atoms with Gasteiger partial charge in [-0.1, -0.05) is 25.1 Å². The first kappa shape index (κ1) is 11.7. The minimum atomic E-state index is -0.322. The van der Waals surface area contributed by atoms with E-state index < -0.39 is 0 Å². The Morgan fingerprint density at radius 2 is 2.13 bits per heavy atom. The molecule has 0 bridgehead atoms. The van der Waals surface area contributed by atoms with Gasteiger partial charge in [0.25, 0.3) is 5.69 Å². The van der Waals surface area contributed by atoms with Crippen LogP contribution in [0.3, 0.4) is 0 Å². The van der Waals surface area contributed by atoms with Gasteiger partial charge in [0.2, 0.25) is 0 Å². The second kappa shape index (κ2) is 5.46. The second-order valence-corrected chi connectivity index (χ2v) is 3.48. The van der Waals surface area contributed by atoms with Crippen LogP contribution in [0.15, 0.2) is 24.3 Å². The number of nitrogens with one attached hydrogen (secondary N) is 1. The van der Waals surface area contributed by atoms with Crippen LogP contribution in [0.5, 0.6) is 0 Å². The zero-order valence-corrected chi connectivity index (χ0v) is 9.06. The number of likely N-dealkylation sites (N-methyl/N-ethyl adjacent to an activating group) is 1. The summed E-state index contributed by atoms with van der Waals surface area (Å²) in [7, 11) is 1.88. The highest BCUT2D eigenvalue weighted by atomic mass is 16.6. The first-order valence-electron chi connectivity index (χ1n) is 5.08. The second-order valence-electron chi connectivity index (χ2n) is 3.48. The van der Waals surface area contributed by atoms with E-state index in [1.54, 1.807) is 12.1 Å². The van der Waals surface area contributed by atoms with Crippen molar-refractivity contribution in [3.05, 3.63) is 39.9 Å². The maximum absolute atomic E-state index is 10.8. The van der Waals surface area contributed by atoms with Crippen molar-refractivity contribution in [3.8, 4) is 0 Å². The van der Waals surface area contributed by atoms with Crippen molar-refractivity contribution >= 4 is 5.69 Å². The highest BCUT2D eigenvalue weighted by molar-refractivity contribution is 5.40. The molecule has 1 rings (SSSR count). The van der Waals surface area contributed by atoms with Gasteiger partial charge in [0.15, 0.2) is 0 Å². The lowest BCUT2D eigenvalue weighted by Gasteiger charge is -2.13. The van der Waals surface area contributed by atoms with Crippen molar-refractivity contribution in [1.82, 2.24) is 5.32 Å². The Bertz CT molecular complexity index is 335. The van der Waals surface area contributed by atoms with Crippen LogP contribution in [-0.2, 0) is 6.42 Å². The van der Waals surface area contributed by atoms with Crippen LogP contribution >= 0.6 is 0 Å². The summed E-state index contributed by atoms with van der Waals surface area (Å²) < 4.78 is 0. The standard InChI is InChI=1S/C11H16N2O2/c1-3-10(12-2)8-9-6-4-5-7-11(9)13(14)15/h4-7,10,12H,3,8H2,1-2H3. The fraction of sp³-hybridized carbons (Fsp3) is 0.455. The van der Waals surface area contributed by atoms with Crippen molar-refractivity contribution in [2.24, 2.45) is 0 Å². The van der Waals surface area contributed by atoms with Gasteiger partial charge < -0.3 is 5.32 Å². The number of para-hydroxylation sites is 1. The quantitative estimate of drug-likeness (QED) is 0.595. The molecule has 82 valence electrons. The summed E-state index contributed by atoms with van der Waals surface area (Å²) >= 11 is 0. The molecule has 1 atom stereocenters. The summed E-state index contributed by atoms with van der Waals surface area (Å²) in [4.78, 5) is 10.4. The van der Waals surface area contributed by atoms with Crippen molar-refractivity contribution in [2.75, 3.05) is 7.05 Å². The van der Waals surface area contributed by atoms with Gasteiger partial charge in [0.1, 0.15) is 0 Å². The average molecular weight is 208 g/mol. The van der Waals surface area contributed by atoms with Gasteiger partial charge in [-0.25, -0.2) is 0 Å². The van der Waals surface area contributed by atoms with E-state index in [1.807, 2.05) is 19.2 Å². The van der Waals surface area contributed by atoms with E-state index in [4.69, 9.17) is 0 Å². The van der Waals surface area contributed by atoms with Crippen LogP contribution in [0.25, 0.3) is 0 Å². The molecule has 1 N–H and O–H groups in total. The molecule has 0 radical (unpaired) electrons. The molecule has 1 unspecified atom stereocenters. The molecule has 0 saturated heterocycles. The Morgan fingerprint density at radius 3 is 2.67 bits per heavy atom. The molecule has 4 nitrogen and oxygen atoms in total. The molecule has 4 heteroatoms. The van der Waals surface area contributed by atoms with E-state index in [1.165, 1.54) is 0 Å². The third-order valence-electron chi connectivity index (χ3n) is 2.56. The van der Waals surface area contributed by atoms with Crippen molar-refractivity contribution in [3.63, 3.8) is 0 Å². The SMILES string of the molecule is CCC(Cc1ccccc1[N+](=O)[O-])NC. The normalized spacial score (nSPS) is 12.4. The van der Waals surface area contributed by atoms with Gasteiger partial charge in [-0.3, -0.25) is 10.1 Å². The molecule has 0 aliphatic rings. The lowest BCUT2D eigenvalue weighted by Crippen LogP contribution is -2.26. The molecule has 0 aliphatic heterocycles. The number of rotatable bonds is 5. The summed E-state index contributed by atoms with van der Waals surface area (Å²) in [5.41, 5.74) is 1.01. The zero-order valence-electron chi connectivity index (χ0n) is 9.06. The summed E-state index contributed by atoms with van der Waals surface area (Å²) in [6.45, 7) is 2.07. The van der Waals surface area contributed by atoms with Crippen LogP contribution in [0.1, 0.15) is 18.9 Å². The molecule has 0 amide bonds. The molecule has 0 aliphatic carbocycles. The van der Waals surface area contributed by atoms with Crippen LogP contribution < -0.4 is 5.32 Å². The predicted molar refractivity (Wildman–Crippen MR) is 59.9 cm³/mol. The van der Waals surface area contributed by atoms with Gasteiger partial charge >= 0.3 is 0 Å². The van der Waals surface area contributed by atoms with E-state index in [0.717, 1.165) is 12.0 Å². The van der Waals surface area contributed by atoms with Gasteiger partial charge in [0.05, 0.1) is 4.92 Å². The first-order chi connectivity index (χ1) is 7.19. The molecule has 15 heavy (non-hydrogen) atoms. The Hall–Kier alpha value is -1.42. The Kier molecular flexibility index (Phi) is 4.24. The van der Waals surface area contributed by atoms with E-state index in [0.29, 0.717) is 12.5 Å². The topological polar surface area (TPSA) is 55.2 Å². The monoisotopic (exact) mass is 208 g/mol. The molecule has 0 saturated carbocycles. The lowest BCUT2D eigenvalue weighted by atomic mass is 10.0. The molecule has 1 aromatic rings. The van der Waals surface area contributed by atoms with Crippen LogP contribution in [-0.4, -0.2) is 18.0 Å². The molecule has 1 aromatic carbocycles. The number of nitro groups is 1. The van der Waals surface area contributed by atoms with Crippen molar-refractivity contribution < 1.29 is 4.92 Å². The molecule has 0 heterocycles. The zero-order chi connectivity index (χ0) is 11.3. The Morgan fingerprint density at radius 1 is 1.47 bits per heavy atom.